The third-order valence-corrected chi connectivity index (χ3v) is 4.46. The Morgan fingerprint density at radius 1 is 1.07 bits per heavy atom. The second-order valence-corrected chi connectivity index (χ2v) is 6.56. The Bertz CT molecular complexity index is 1080. The summed E-state index contributed by atoms with van der Waals surface area (Å²) < 4.78 is 21.7. The predicted octanol–water partition coefficient (Wildman–Crippen LogP) is 4.03. The van der Waals surface area contributed by atoms with Gasteiger partial charge >= 0.3 is 5.97 Å². The van der Waals surface area contributed by atoms with E-state index in [-0.39, 0.29) is 16.9 Å². The number of methoxy groups -OCH3 is 2. The first-order valence-electron chi connectivity index (χ1n) is 8.82. The summed E-state index contributed by atoms with van der Waals surface area (Å²) in [7, 11) is 2.84. The zero-order valence-corrected chi connectivity index (χ0v) is 16.5. The van der Waals surface area contributed by atoms with Gasteiger partial charge in [0.2, 0.25) is 11.2 Å². The summed E-state index contributed by atoms with van der Waals surface area (Å²) in [5, 5.41) is 0.404. The van der Waals surface area contributed by atoms with Gasteiger partial charge < -0.3 is 18.6 Å². The maximum atomic E-state index is 13.2. The molecule has 0 bridgehead atoms. The molecule has 3 rings (SSSR count). The van der Waals surface area contributed by atoms with Gasteiger partial charge in [-0.05, 0) is 62.2 Å². The van der Waals surface area contributed by atoms with E-state index in [1.165, 1.54) is 14.0 Å². The van der Waals surface area contributed by atoms with E-state index in [1.807, 2.05) is 19.9 Å². The topological polar surface area (TPSA) is 75.0 Å². The second-order valence-electron chi connectivity index (χ2n) is 6.56. The number of rotatable bonds is 5. The molecule has 0 aliphatic carbocycles. The standard InChI is InChI=1S/C22H22O6/c1-12-10-13(2)19-17(11-12)18(23)21(27-14(3)22(24)26-5)20(28-19)15-6-8-16(25-4)9-7-15/h6-11,14H,1-5H3. The molecule has 146 valence electrons. The lowest BCUT2D eigenvalue weighted by molar-refractivity contribution is -0.147. The van der Waals surface area contributed by atoms with Crippen molar-refractivity contribution < 1.29 is 23.4 Å². The van der Waals surface area contributed by atoms with Gasteiger partial charge in [-0.15, -0.1) is 0 Å². The molecule has 0 saturated carbocycles. The average molecular weight is 382 g/mol. The van der Waals surface area contributed by atoms with Gasteiger partial charge in [-0.1, -0.05) is 6.07 Å². The van der Waals surface area contributed by atoms with E-state index in [0.717, 1.165) is 11.1 Å². The van der Waals surface area contributed by atoms with Crippen LogP contribution in [-0.4, -0.2) is 26.3 Å². The van der Waals surface area contributed by atoms with Crippen molar-refractivity contribution in [2.75, 3.05) is 14.2 Å². The van der Waals surface area contributed by atoms with Crippen LogP contribution in [-0.2, 0) is 9.53 Å². The minimum atomic E-state index is -0.965. The van der Waals surface area contributed by atoms with Crippen LogP contribution in [0.2, 0.25) is 0 Å². The molecule has 6 nitrogen and oxygen atoms in total. The first-order chi connectivity index (χ1) is 13.3. The van der Waals surface area contributed by atoms with Gasteiger partial charge in [-0.25, -0.2) is 4.79 Å². The van der Waals surface area contributed by atoms with Crippen molar-refractivity contribution in [1.82, 2.24) is 0 Å². The molecule has 0 radical (unpaired) electrons. The Morgan fingerprint density at radius 3 is 2.36 bits per heavy atom. The molecule has 6 heteroatoms. The molecule has 0 fully saturated rings. The number of hydrogen-bond donors (Lipinski definition) is 0. The molecule has 3 aromatic rings. The van der Waals surface area contributed by atoms with Gasteiger partial charge in [0.25, 0.3) is 0 Å². The number of ether oxygens (including phenoxy) is 3. The third kappa shape index (κ3) is 3.58. The van der Waals surface area contributed by atoms with Crippen LogP contribution in [0.4, 0.5) is 0 Å². The first-order valence-corrected chi connectivity index (χ1v) is 8.82. The number of carbonyl (C=O) groups is 1. The Hall–Kier alpha value is -3.28. The van der Waals surface area contributed by atoms with E-state index in [9.17, 15) is 9.59 Å². The highest BCUT2D eigenvalue weighted by Gasteiger charge is 2.24. The third-order valence-electron chi connectivity index (χ3n) is 4.46. The SMILES string of the molecule is COC(=O)C(C)Oc1c(-c2ccc(OC)cc2)oc2c(C)cc(C)cc2c1=O. The average Bonchev–Trinajstić information content (AvgIpc) is 2.69. The van der Waals surface area contributed by atoms with Crippen molar-refractivity contribution in [3.05, 3.63) is 57.7 Å². The molecule has 0 aliphatic rings. The maximum absolute atomic E-state index is 13.2. The number of carbonyl (C=O) groups excluding carboxylic acids is 1. The predicted molar refractivity (Wildman–Crippen MR) is 106 cm³/mol. The molecule has 0 spiro atoms. The largest absolute Gasteiger partial charge is 0.497 e. The van der Waals surface area contributed by atoms with E-state index >= 15 is 0 Å². The smallest absolute Gasteiger partial charge is 0.346 e. The molecule has 28 heavy (non-hydrogen) atoms. The normalized spacial score (nSPS) is 11.9. The summed E-state index contributed by atoms with van der Waals surface area (Å²) in [6.45, 7) is 5.31. The summed E-state index contributed by atoms with van der Waals surface area (Å²) in [5.41, 5.74) is 2.55. The number of fused-ring (bicyclic) bond motifs is 1. The van der Waals surface area contributed by atoms with E-state index < -0.39 is 12.1 Å². The number of esters is 1. The Kier molecular flexibility index (Phi) is 5.40. The van der Waals surface area contributed by atoms with Crippen LogP contribution in [0.25, 0.3) is 22.3 Å². The lowest BCUT2D eigenvalue weighted by atomic mass is 10.1. The highest BCUT2D eigenvalue weighted by Crippen LogP contribution is 2.33. The van der Waals surface area contributed by atoms with Gasteiger partial charge in [0.05, 0.1) is 19.6 Å². The molecule has 1 atom stereocenters. The highest BCUT2D eigenvalue weighted by molar-refractivity contribution is 5.85. The Balaban J connectivity index is 2.27. The maximum Gasteiger partial charge on any atom is 0.346 e. The van der Waals surface area contributed by atoms with E-state index in [1.54, 1.807) is 37.4 Å². The van der Waals surface area contributed by atoms with Crippen molar-refractivity contribution in [2.24, 2.45) is 0 Å². The molecular weight excluding hydrogens is 360 g/mol. The van der Waals surface area contributed by atoms with Crippen molar-refractivity contribution in [1.29, 1.82) is 0 Å². The fraction of sp³-hybridized carbons (Fsp3) is 0.273. The molecule has 0 amide bonds. The fourth-order valence-corrected chi connectivity index (χ4v) is 3.06. The van der Waals surface area contributed by atoms with Crippen molar-refractivity contribution in [2.45, 2.75) is 26.9 Å². The van der Waals surface area contributed by atoms with Gasteiger partial charge in [-0.3, -0.25) is 4.79 Å². The van der Waals surface area contributed by atoms with Crippen LogP contribution in [0, 0.1) is 13.8 Å². The van der Waals surface area contributed by atoms with E-state index in [2.05, 4.69) is 0 Å². The van der Waals surface area contributed by atoms with Crippen molar-refractivity contribution in [3.63, 3.8) is 0 Å². The zero-order valence-electron chi connectivity index (χ0n) is 16.5. The van der Waals surface area contributed by atoms with Crippen molar-refractivity contribution in [3.8, 4) is 22.8 Å². The van der Waals surface area contributed by atoms with Crippen LogP contribution < -0.4 is 14.9 Å². The molecule has 0 aliphatic heterocycles. The second kappa shape index (κ2) is 7.76. The molecule has 1 heterocycles. The lowest BCUT2D eigenvalue weighted by Crippen LogP contribution is -2.27. The minimum Gasteiger partial charge on any atom is -0.497 e. The van der Waals surface area contributed by atoms with Crippen LogP contribution in [0.3, 0.4) is 0 Å². The summed E-state index contributed by atoms with van der Waals surface area (Å²) in [5.74, 6) is 0.313. The lowest BCUT2D eigenvalue weighted by Gasteiger charge is -2.16. The molecule has 1 aromatic heterocycles. The summed E-state index contributed by atoms with van der Waals surface area (Å²) in [6.07, 6.45) is -0.965. The molecule has 1 unspecified atom stereocenters. The monoisotopic (exact) mass is 382 g/mol. The zero-order chi connectivity index (χ0) is 20.4. The van der Waals surface area contributed by atoms with Crippen LogP contribution in [0.5, 0.6) is 11.5 Å². The van der Waals surface area contributed by atoms with Crippen LogP contribution in [0.15, 0.2) is 45.6 Å². The molecular formula is C22H22O6. The van der Waals surface area contributed by atoms with Gasteiger partial charge in [0, 0.05) is 5.56 Å². The van der Waals surface area contributed by atoms with Gasteiger partial charge in [0.15, 0.2) is 11.9 Å². The Labute approximate surface area is 162 Å². The van der Waals surface area contributed by atoms with Crippen molar-refractivity contribution >= 4 is 16.9 Å². The molecule has 0 saturated heterocycles. The summed E-state index contributed by atoms with van der Waals surface area (Å²) >= 11 is 0. The number of benzene rings is 2. The van der Waals surface area contributed by atoms with Crippen LogP contribution >= 0.6 is 0 Å². The minimum absolute atomic E-state index is 0.0273. The highest BCUT2D eigenvalue weighted by atomic mass is 16.6. The first kappa shape index (κ1) is 19.5. The number of hydrogen-bond acceptors (Lipinski definition) is 6. The van der Waals surface area contributed by atoms with Crippen LogP contribution in [0.1, 0.15) is 18.1 Å². The summed E-state index contributed by atoms with van der Waals surface area (Å²) in [4.78, 5) is 25.1. The van der Waals surface area contributed by atoms with Gasteiger partial charge in [-0.2, -0.15) is 0 Å². The summed E-state index contributed by atoms with van der Waals surface area (Å²) in [6, 6.07) is 10.7. The number of aryl methyl sites for hydroxylation is 2. The van der Waals surface area contributed by atoms with E-state index in [0.29, 0.717) is 22.3 Å². The fourth-order valence-electron chi connectivity index (χ4n) is 3.06. The Morgan fingerprint density at radius 2 is 1.75 bits per heavy atom. The van der Waals surface area contributed by atoms with E-state index in [4.69, 9.17) is 18.6 Å². The molecule has 2 aromatic carbocycles. The quantitative estimate of drug-likeness (QED) is 0.620. The molecule has 0 N–H and O–H groups in total. The van der Waals surface area contributed by atoms with Gasteiger partial charge in [0.1, 0.15) is 11.3 Å².